The van der Waals surface area contributed by atoms with E-state index in [2.05, 4.69) is 17.2 Å². The summed E-state index contributed by atoms with van der Waals surface area (Å²) >= 11 is 0. The van der Waals surface area contributed by atoms with Crippen LogP contribution in [0.1, 0.15) is 13.3 Å². The number of primary amides is 1. The maximum absolute atomic E-state index is 11.0. The van der Waals surface area contributed by atoms with Crippen molar-refractivity contribution in [2.45, 2.75) is 13.3 Å². The predicted molar refractivity (Wildman–Crippen MR) is 65.2 cm³/mol. The van der Waals surface area contributed by atoms with Crippen molar-refractivity contribution in [1.82, 2.24) is 16.1 Å². The minimum absolute atomic E-state index is 0.255. The minimum Gasteiger partial charge on any atom is -0.351 e. The number of hydrazine groups is 1. The molecule has 0 unspecified atom stereocenters. The van der Waals surface area contributed by atoms with E-state index in [0.29, 0.717) is 5.70 Å². The number of rotatable bonds is 5. The van der Waals surface area contributed by atoms with Gasteiger partial charge in [0.25, 0.3) is 0 Å². The first-order chi connectivity index (χ1) is 7.99. The van der Waals surface area contributed by atoms with Crippen molar-refractivity contribution < 1.29 is 9.59 Å². The number of allylic oxidation sites excluding steroid dienone is 3. The van der Waals surface area contributed by atoms with Crippen LogP contribution in [-0.2, 0) is 0 Å². The summed E-state index contributed by atoms with van der Waals surface area (Å²) in [5.74, 6) is 4.94. The monoisotopic (exact) mass is 239 g/mol. The Labute approximate surface area is 99.6 Å². The van der Waals surface area contributed by atoms with Crippen LogP contribution in [0.25, 0.3) is 0 Å². The van der Waals surface area contributed by atoms with E-state index in [9.17, 15) is 9.59 Å². The molecule has 0 saturated carbocycles. The summed E-state index contributed by atoms with van der Waals surface area (Å²) < 4.78 is 0. The molecule has 0 saturated heterocycles. The van der Waals surface area contributed by atoms with Gasteiger partial charge < -0.3 is 16.4 Å². The lowest BCUT2D eigenvalue weighted by molar-refractivity contribution is 0.244. The summed E-state index contributed by atoms with van der Waals surface area (Å²) in [5.41, 5.74) is 7.52. The van der Waals surface area contributed by atoms with Gasteiger partial charge in [-0.1, -0.05) is 19.6 Å². The zero-order chi connectivity index (χ0) is 13.3. The van der Waals surface area contributed by atoms with Crippen LogP contribution < -0.4 is 27.6 Å². The molecule has 0 radical (unpaired) electrons. The number of nitrogens with one attached hydrogen (secondary N) is 3. The average molecular weight is 239 g/mol. The van der Waals surface area contributed by atoms with Gasteiger partial charge in [-0.2, -0.15) is 0 Å². The molecule has 0 heterocycles. The molecule has 17 heavy (non-hydrogen) atoms. The van der Waals surface area contributed by atoms with Gasteiger partial charge in [-0.25, -0.2) is 15.4 Å². The lowest BCUT2D eigenvalue weighted by Crippen LogP contribution is -2.39. The van der Waals surface area contributed by atoms with Gasteiger partial charge in [0.05, 0.1) is 0 Å². The van der Waals surface area contributed by atoms with Crippen molar-refractivity contribution in [3.05, 3.63) is 36.2 Å². The molecule has 0 bridgehead atoms. The molecule has 94 valence electrons. The summed E-state index contributed by atoms with van der Waals surface area (Å²) in [6.45, 7) is 5.49. The van der Waals surface area contributed by atoms with Gasteiger partial charge in [0, 0.05) is 11.4 Å². The number of hydrogen-bond acceptors (Lipinski definition) is 3. The van der Waals surface area contributed by atoms with Gasteiger partial charge >= 0.3 is 12.1 Å². The van der Waals surface area contributed by atoms with E-state index in [1.807, 2.05) is 18.4 Å². The van der Waals surface area contributed by atoms with E-state index in [4.69, 9.17) is 11.6 Å². The zero-order valence-electron chi connectivity index (χ0n) is 9.62. The van der Waals surface area contributed by atoms with Gasteiger partial charge in [-0.3, -0.25) is 5.43 Å². The summed E-state index contributed by atoms with van der Waals surface area (Å²) in [7, 11) is 0. The molecule has 0 aromatic heterocycles. The Morgan fingerprint density at radius 2 is 2.00 bits per heavy atom. The van der Waals surface area contributed by atoms with E-state index in [1.54, 1.807) is 6.08 Å². The van der Waals surface area contributed by atoms with Crippen LogP contribution in [0.3, 0.4) is 0 Å². The molecular formula is C10H17N5O2. The van der Waals surface area contributed by atoms with E-state index < -0.39 is 12.1 Å². The molecule has 0 aromatic carbocycles. The van der Waals surface area contributed by atoms with Gasteiger partial charge in [0.2, 0.25) is 0 Å². The summed E-state index contributed by atoms with van der Waals surface area (Å²) in [4.78, 5) is 21.6. The second-order valence-electron chi connectivity index (χ2n) is 3.02. The fourth-order valence-corrected chi connectivity index (χ4v) is 0.920. The van der Waals surface area contributed by atoms with Gasteiger partial charge in [0.15, 0.2) is 0 Å². The van der Waals surface area contributed by atoms with Crippen molar-refractivity contribution in [3.8, 4) is 0 Å². The quantitative estimate of drug-likeness (QED) is 0.204. The number of carbonyl (C=O) groups is 2. The standard InChI is InChI=1S/C10H17N5O2/c1-3-4-5-8(14-10(17)15-12)6-7(2)13-9(11)16/h4-6H,2-3,12H2,1H3,(H3,11,13,16)(H2,14,15,17)/b5-4-,8-6+. The van der Waals surface area contributed by atoms with Crippen LogP contribution in [-0.4, -0.2) is 12.1 Å². The first-order valence-electron chi connectivity index (χ1n) is 4.90. The number of amides is 4. The van der Waals surface area contributed by atoms with Crippen LogP contribution in [0.4, 0.5) is 9.59 Å². The molecule has 4 amide bonds. The van der Waals surface area contributed by atoms with E-state index >= 15 is 0 Å². The molecule has 7 heteroatoms. The van der Waals surface area contributed by atoms with E-state index in [-0.39, 0.29) is 5.70 Å². The molecule has 0 aromatic rings. The Hall–Kier alpha value is -2.28. The highest BCUT2D eigenvalue weighted by molar-refractivity contribution is 5.76. The van der Waals surface area contributed by atoms with E-state index in [1.165, 1.54) is 6.08 Å². The van der Waals surface area contributed by atoms with Crippen molar-refractivity contribution in [3.63, 3.8) is 0 Å². The van der Waals surface area contributed by atoms with Crippen molar-refractivity contribution in [1.29, 1.82) is 0 Å². The molecule has 0 spiro atoms. The summed E-state index contributed by atoms with van der Waals surface area (Å²) in [6, 6.07) is -1.31. The Morgan fingerprint density at radius 1 is 1.35 bits per heavy atom. The highest BCUT2D eigenvalue weighted by atomic mass is 16.2. The molecule has 0 aliphatic carbocycles. The highest BCUT2D eigenvalue weighted by Gasteiger charge is 2.01. The number of nitrogens with two attached hydrogens (primary N) is 2. The molecule has 0 rings (SSSR count). The third-order valence-corrected chi connectivity index (χ3v) is 1.54. The van der Waals surface area contributed by atoms with Crippen LogP contribution in [0.2, 0.25) is 0 Å². The number of carbonyl (C=O) groups excluding carboxylic acids is 2. The second-order valence-corrected chi connectivity index (χ2v) is 3.02. The molecule has 0 aliphatic rings. The van der Waals surface area contributed by atoms with Gasteiger partial charge in [-0.15, -0.1) is 0 Å². The van der Waals surface area contributed by atoms with Crippen LogP contribution in [0, 0.1) is 0 Å². The second kappa shape index (κ2) is 7.94. The lowest BCUT2D eigenvalue weighted by atomic mass is 10.3. The Kier molecular flexibility index (Phi) is 6.88. The smallest absolute Gasteiger partial charge is 0.333 e. The summed E-state index contributed by atoms with van der Waals surface area (Å²) in [6.07, 6.45) is 5.72. The first kappa shape index (κ1) is 14.7. The van der Waals surface area contributed by atoms with Crippen LogP contribution in [0.15, 0.2) is 36.2 Å². The average Bonchev–Trinajstić information content (AvgIpc) is 2.24. The third kappa shape index (κ3) is 7.63. The van der Waals surface area contributed by atoms with Crippen LogP contribution in [0.5, 0.6) is 0 Å². The highest BCUT2D eigenvalue weighted by Crippen LogP contribution is 1.98. The molecule has 7 nitrogen and oxygen atoms in total. The zero-order valence-corrected chi connectivity index (χ0v) is 9.62. The Morgan fingerprint density at radius 3 is 2.47 bits per heavy atom. The maximum Gasteiger partial charge on any atom is 0.333 e. The molecule has 0 fully saturated rings. The topological polar surface area (TPSA) is 122 Å². The number of hydrogen-bond donors (Lipinski definition) is 5. The van der Waals surface area contributed by atoms with Crippen molar-refractivity contribution in [2.24, 2.45) is 11.6 Å². The maximum atomic E-state index is 11.0. The number of urea groups is 2. The van der Waals surface area contributed by atoms with Crippen molar-refractivity contribution >= 4 is 12.1 Å². The third-order valence-electron chi connectivity index (χ3n) is 1.54. The Bertz CT molecular complexity index is 360. The van der Waals surface area contributed by atoms with E-state index in [0.717, 1.165) is 6.42 Å². The molecule has 7 N–H and O–H groups in total. The molecular weight excluding hydrogens is 222 g/mol. The largest absolute Gasteiger partial charge is 0.351 e. The van der Waals surface area contributed by atoms with Gasteiger partial charge in [-0.05, 0) is 18.6 Å². The Balaban J connectivity index is 4.71. The molecule has 0 aliphatic heterocycles. The van der Waals surface area contributed by atoms with Gasteiger partial charge in [0.1, 0.15) is 0 Å². The minimum atomic E-state index is -0.728. The van der Waals surface area contributed by atoms with Crippen LogP contribution >= 0.6 is 0 Å². The first-order valence-corrected chi connectivity index (χ1v) is 4.90. The predicted octanol–water partition coefficient (Wildman–Crippen LogP) is 0.191. The molecule has 0 atom stereocenters. The normalized spacial score (nSPS) is 11.1. The van der Waals surface area contributed by atoms with Crippen molar-refractivity contribution in [2.75, 3.05) is 0 Å². The SMILES string of the molecule is C=C(/C=C(\C=C/CC)NC(=O)NN)NC(N)=O. The lowest BCUT2D eigenvalue weighted by Gasteiger charge is -2.06. The fourth-order valence-electron chi connectivity index (χ4n) is 0.920. The summed E-state index contributed by atoms with van der Waals surface area (Å²) in [5, 5.41) is 4.72. The fraction of sp³-hybridized carbons (Fsp3) is 0.200.